The second-order valence-electron chi connectivity index (χ2n) is 3.83. The number of aromatic hydroxyl groups is 1. The molecule has 0 saturated carbocycles. The molecule has 4 heteroatoms. The van der Waals surface area contributed by atoms with Crippen LogP contribution in [0.15, 0.2) is 18.2 Å². The van der Waals surface area contributed by atoms with Gasteiger partial charge in [0.05, 0.1) is 0 Å². The number of hydrogen-bond acceptors (Lipinski definition) is 3. The number of hydrogen-bond donors (Lipinski definition) is 3. The van der Waals surface area contributed by atoms with Gasteiger partial charge in [0, 0.05) is 18.5 Å². The predicted octanol–water partition coefficient (Wildman–Crippen LogP) is 1.06. The number of carbonyl (C=O) groups excluding carboxylic acids is 1. The van der Waals surface area contributed by atoms with Gasteiger partial charge in [-0.3, -0.25) is 4.79 Å². The standard InChI is InChI=1S/C12H18N2O2/c1-9-4-2-5-10(12(9)16)8-14-7-3-6-11(13)15/h2,4-5,14,16H,3,6-8H2,1H3,(H2,13,15). The molecule has 0 spiro atoms. The van der Waals surface area contributed by atoms with Crippen LogP contribution in [0.4, 0.5) is 0 Å². The SMILES string of the molecule is Cc1cccc(CNCCCC(N)=O)c1O. The van der Waals surface area contributed by atoms with Gasteiger partial charge >= 0.3 is 0 Å². The molecule has 0 heterocycles. The summed E-state index contributed by atoms with van der Waals surface area (Å²) in [5.41, 5.74) is 6.77. The number of phenolic OH excluding ortho intramolecular Hbond substituents is 1. The van der Waals surface area contributed by atoms with Gasteiger partial charge in [0.25, 0.3) is 0 Å². The van der Waals surface area contributed by atoms with Crippen molar-refractivity contribution in [3.05, 3.63) is 29.3 Å². The summed E-state index contributed by atoms with van der Waals surface area (Å²) in [4.78, 5) is 10.5. The summed E-state index contributed by atoms with van der Waals surface area (Å²) in [5.74, 6) is 0.0603. The zero-order chi connectivity index (χ0) is 12.0. The lowest BCUT2D eigenvalue weighted by molar-refractivity contribution is -0.118. The van der Waals surface area contributed by atoms with E-state index in [4.69, 9.17) is 5.73 Å². The molecular weight excluding hydrogens is 204 g/mol. The average molecular weight is 222 g/mol. The van der Waals surface area contributed by atoms with E-state index in [1.807, 2.05) is 25.1 Å². The van der Waals surface area contributed by atoms with Gasteiger partial charge in [-0.1, -0.05) is 18.2 Å². The Hall–Kier alpha value is -1.55. The van der Waals surface area contributed by atoms with Gasteiger partial charge in [0.15, 0.2) is 0 Å². The molecule has 1 aromatic carbocycles. The Morgan fingerprint density at radius 1 is 1.50 bits per heavy atom. The number of phenols is 1. The lowest BCUT2D eigenvalue weighted by atomic mass is 10.1. The fourth-order valence-electron chi connectivity index (χ4n) is 1.47. The molecule has 0 aromatic heterocycles. The van der Waals surface area contributed by atoms with Crippen LogP contribution in [0, 0.1) is 6.92 Å². The van der Waals surface area contributed by atoms with Crippen LogP contribution in [0.5, 0.6) is 5.75 Å². The van der Waals surface area contributed by atoms with Crippen LogP contribution in [0.2, 0.25) is 0 Å². The molecule has 1 aromatic rings. The van der Waals surface area contributed by atoms with Crippen molar-refractivity contribution in [3.63, 3.8) is 0 Å². The molecule has 0 unspecified atom stereocenters. The first-order valence-corrected chi connectivity index (χ1v) is 5.37. The van der Waals surface area contributed by atoms with Gasteiger partial charge in [-0.05, 0) is 25.5 Å². The molecule has 4 nitrogen and oxygen atoms in total. The summed E-state index contributed by atoms with van der Waals surface area (Å²) in [6.07, 6.45) is 1.12. The molecule has 0 atom stereocenters. The summed E-state index contributed by atoms with van der Waals surface area (Å²) in [7, 11) is 0. The summed E-state index contributed by atoms with van der Waals surface area (Å²) in [6.45, 7) is 3.19. The van der Waals surface area contributed by atoms with Gasteiger partial charge in [0.2, 0.25) is 5.91 Å². The summed E-state index contributed by atoms with van der Waals surface area (Å²) >= 11 is 0. The van der Waals surface area contributed by atoms with Gasteiger partial charge in [0.1, 0.15) is 5.75 Å². The number of para-hydroxylation sites is 1. The minimum atomic E-state index is -0.278. The highest BCUT2D eigenvalue weighted by atomic mass is 16.3. The number of amides is 1. The van der Waals surface area contributed by atoms with Crippen molar-refractivity contribution in [1.29, 1.82) is 0 Å². The van der Waals surface area contributed by atoms with Crippen molar-refractivity contribution in [1.82, 2.24) is 5.32 Å². The van der Waals surface area contributed by atoms with Crippen molar-refractivity contribution in [2.45, 2.75) is 26.3 Å². The molecule has 0 fully saturated rings. The van der Waals surface area contributed by atoms with E-state index in [1.54, 1.807) is 0 Å². The van der Waals surface area contributed by atoms with E-state index in [-0.39, 0.29) is 5.91 Å². The topological polar surface area (TPSA) is 75.3 Å². The van der Waals surface area contributed by atoms with E-state index in [2.05, 4.69) is 5.32 Å². The lowest BCUT2D eigenvalue weighted by Gasteiger charge is -2.08. The number of nitrogens with two attached hydrogens (primary N) is 1. The van der Waals surface area contributed by atoms with E-state index in [9.17, 15) is 9.90 Å². The third-order valence-corrected chi connectivity index (χ3v) is 2.41. The molecule has 0 aliphatic heterocycles. The van der Waals surface area contributed by atoms with E-state index < -0.39 is 0 Å². The van der Waals surface area contributed by atoms with Crippen LogP contribution in [-0.2, 0) is 11.3 Å². The quantitative estimate of drug-likeness (QED) is 0.630. The Labute approximate surface area is 95.5 Å². The van der Waals surface area contributed by atoms with Gasteiger partial charge in [-0.15, -0.1) is 0 Å². The van der Waals surface area contributed by atoms with Gasteiger partial charge in [-0.2, -0.15) is 0 Å². The van der Waals surface area contributed by atoms with Crippen LogP contribution in [0.1, 0.15) is 24.0 Å². The smallest absolute Gasteiger partial charge is 0.217 e. The molecule has 4 N–H and O–H groups in total. The molecule has 0 radical (unpaired) electrons. The monoisotopic (exact) mass is 222 g/mol. The highest BCUT2D eigenvalue weighted by molar-refractivity contribution is 5.73. The van der Waals surface area contributed by atoms with E-state index in [0.29, 0.717) is 18.7 Å². The van der Waals surface area contributed by atoms with Crippen molar-refractivity contribution in [2.24, 2.45) is 5.73 Å². The minimum absolute atomic E-state index is 0.278. The van der Waals surface area contributed by atoms with Crippen LogP contribution in [-0.4, -0.2) is 17.6 Å². The largest absolute Gasteiger partial charge is 0.507 e. The van der Waals surface area contributed by atoms with Crippen LogP contribution in [0.3, 0.4) is 0 Å². The first-order valence-electron chi connectivity index (χ1n) is 5.37. The van der Waals surface area contributed by atoms with Crippen LogP contribution < -0.4 is 11.1 Å². The van der Waals surface area contributed by atoms with Crippen LogP contribution >= 0.6 is 0 Å². The molecule has 88 valence electrons. The molecular formula is C12H18N2O2. The molecule has 16 heavy (non-hydrogen) atoms. The van der Waals surface area contributed by atoms with Crippen molar-refractivity contribution in [2.75, 3.05) is 6.54 Å². The number of primary amides is 1. The van der Waals surface area contributed by atoms with E-state index in [0.717, 1.165) is 24.1 Å². The number of aryl methyl sites for hydroxylation is 1. The Balaban J connectivity index is 2.32. The maximum Gasteiger partial charge on any atom is 0.217 e. The van der Waals surface area contributed by atoms with Gasteiger partial charge in [-0.25, -0.2) is 0 Å². The Morgan fingerprint density at radius 2 is 2.25 bits per heavy atom. The minimum Gasteiger partial charge on any atom is -0.507 e. The zero-order valence-electron chi connectivity index (χ0n) is 9.49. The average Bonchev–Trinajstić information content (AvgIpc) is 2.23. The fraction of sp³-hybridized carbons (Fsp3) is 0.417. The molecule has 1 amide bonds. The third kappa shape index (κ3) is 3.90. The highest BCUT2D eigenvalue weighted by Crippen LogP contribution is 2.20. The predicted molar refractivity (Wildman–Crippen MR) is 63.0 cm³/mol. The second-order valence-corrected chi connectivity index (χ2v) is 3.83. The molecule has 1 rings (SSSR count). The first-order chi connectivity index (χ1) is 7.61. The highest BCUT2D eigenvalue weighted by Gasteiger charge is 2.02. The summed E-state index contributed by atoms with van der Waals surface area (Å²) < 4.78 is 0. The zero-order valence-corrected chi connectivity index (χ0v) is 9.49. The molecule has 0 aliphatic carbocycles. The molecule has 0 saturated heterocycles. The summed E-state index contributed by atoms with van der Waals surface area (Å²) in [6, 6.07) is 5.66. The Morgan fingerprint density at radius 3 is 2.94 bits per heavy atom. The van der Waals surface area contributed by atoms with E-state index in [1.165, 1.54) is 0 Å². The maximum absolute atomic E-state index is 10.5. The number of rotatable bonds is 6. The summed E-state index contributed by atoms with van der Waals surface area (Å²) in [5, 5.41) is 12.9. The molecule has 0 aliphatic rings. The number of nitrogens with one attached hydrogen (secondary N) is 1. The maximum atomic E-state index is 10.5. The molecule has 0 bridgehead atoms. The van der Waals surface area contributed by atoms with Crippen molar-refractivity contribution in [3.8, 4) is 5.75 Å². The first kappa shape index (κ1) is 12.5. The van der Waals surface area contributed by atoms with E-state index >= 15 is 0 Å². The Kier molecular flexibility index (Phi) is 4.79. The number of benzene rings is 1. The fourth-order valence-corrected chi connectivity index (χ4v) is 1.47. The Bertz CT molecular complexity index is 364. The second kappa shape index (κ2) is 6.12. The third-order valence-electron chi connectivity index (χ3n) is 2.41. The normalized spacial score (nSPS) is 10.3. The van der Waals surface area contributed by atoms with Gasteiger partial charge < -0.3 is 16.2 Å². The van der Waals surface area contributed by atoms with Crippen LogP contribution in [0.25, 0.3) is 0 Å². The number of carbonyl (C=O) groups is 1. The van der Waals surface area contributed by atoms with Crippen molar-refractivity contribution >= 4 is 5.91 Å². The van der Waals surface area contributed by atoms with Crippen molar-refractivity contribution < 1.29 is 9.90 Å². The lowest BCUT2D eigenvalue weighted by Crippen LogP contribution is -2.18.